The summed E-state index contributed by atoms with van der Waals surface area (Å²) in [5.41, 5.74) is 3.44. The van der Waals surface area contributed by atoms with E-state index in [1.54, 1.807) is 0 Å². The molecule has 1 rings (SSSR count). The van der Waals surface area contributed by atoms with Crippen LogP contribution in [0.1, 0.15) is 36.5 Å². The zero-order valence-electron chi connectivity index (χ0n) is 10.8. The van der Waals surface area contributed by atoms with Crippen molar-refractivity contribution < 1.29 is 4.74 Å². The Hall–Kier alpha value is -0.400. The summed E-state index contributed by atoms with van der Waals surface area (Å²) in [6.45, 7) is 6.94. The molecule has 17 heavy (non-hydrogen) atoms. The predicted octanol–water partition coefficient (Wildman–Crippen LogP) is 4.92. The molecule has 0 aliphatic heterocycles. The summed E-state index contributed by atoms with van der Waals surface area (Å²) in [4.78, 5) is 0. The average molecular weight is 275 g/mol. The smallest absolute Gasteiger partial charge is 0.125 e. The molecular weight excluding hydrogens is 255 g/mol. The number of aryl methyl sites for hydroxylation is 1. The lowest BCUT2D eigenvalue weighted by atomic mass is 9.99. The van der Waals surface area contributed by atoms with Gasteiger partial charge in [0, 0.05) is 10.9 Å². The number of halogens is 2. The van der Waals surface area contributed by atoms with E-state index in [1.807, 2.05) is 19.9 Å². The Kier molecular flexibility index (Phi) is 6.15. The maximum Gasteiger partial charge on any atom is 0.125 e. The Bertz CT molecular complexity index is 375. The van der Waals surface area contributed by atoms with Gasteiger partial charge in [0.15, 0.2) is 0 Å². The van der Waals surface area contributed by atoms with Crippen LogP contribution in [0.2, 0.25) is 5.02 Å². The van der Waals surface area contributed by atoms with Crippen LogP contribution in [0, 0.1) is 13.8 Å². The molecular formula is C14H20Cl2O. The van der Waals surface area contributed by atoms with Crippen molar-refractivity contribution in [2.45, 2.75) is 40.0 Å². The molecule has 1 aromatic carbocycles. The van der Waals surface area contributed by atoms with Crippen LogP contribution in [0.5, 0.6) is 5.75 Å². The molecule has 0 radical (unpaired) electrons. The van der Waals surface area contributed by atoms with Gasteiger partial charge in [-0.25, -0.2) is 0 Å². The fourth-order valence-electron chi connectivity index (χ4n) is 1.87. The van der Waals surface area contributed by atoms with E-state index in [0.29, 0.717) is 5.88 Å². The Morgan fingerprint density at radius 2 is 2.00 bits per heavy atom. The Morgan fingerprint density at radius 1 is 1.29 bits per heavy atom. The average Bonchev–Trinajstić information content (AvgIpc) is 2.30. The Labute approximate surface area is 114 Å². The highest BCUT2D eigenvalue weighted by Crippen LogP contribution is 2.33. The van der Waals surface area contributed by atoms with Gasteiger partial charge < -0.3 is 4.74 Å². The van der Waals surface area contributed by atoms with E-state index in [9.17, 15) is 0 Å². The van der Waals surface area contributed by atoms with Crippen molar-refractivity contribution in [3.63, 3.8) is 0 Å². The van der Waals surface area contributed by atoms with Gasteiger partial charge in [0.1, 0.15) is 5.75 Å². The second-order valence-corrected chi connectivity index (χ2v) is 5.03. The van der Waals surface area contributed by atoms with Gasteiger partial charge in [0.25, 0.3) is 0 Å². The second kappa shape index (κ2) is 7.13. The van der Waals surface area contributed by atoms with Crippen molar-refractivity contribution in [3.05, 3.63) is 27.8 Å². The monoisotopic (exact) mass is 274 g/mol. The third kappa shape index (κ3) is 3.79. The van der Waals surface area contributed by atoms with E-state index in [4.69, 9.17) is 27.9 Å². The van der Waals surface area contributed by atoms with Gasteiger partial charge >= 0.3 is 0 Å². The molecule has 0 aliphatic rings. The lowest BCUT2D eigenvalue weighted by Gasteiger charge is -2.17. The van der Waals surface area contributed by atoms with Crippen molar-refractivity contribution >= 4 is 23.2 Å². The number of rotatable bonds is 6. The van der Waals surface area contributed by atoms with Gasteiger partial charge in [0.2, 0.25) is 0 Å². The van der Waals surface area contributed by atoms with Gasteiger partial charge in [-0.15, -0.1) is 11.6 Å². The highest BCUT2D eigenvalue weighted by Gasteiger charge is 2.13. The minimum atomic E-state index is 0.665. The predicted molar refractivity (Wildman–Crippen MR) is 75.8 cm³/mol. The molecule has 0 unspecified atom stereocenters. The van der Waals surface area contributed by atoms with Crippen LogP contribution in [0.3, 0.4) is 0 Å². The number of hydrogen-bond donors (Lipinski definition) is 0. The summed E-state index contributed by atoms with van der Waals surface area (Å²) in [5.74, 6) is 1.66. The molecule has 0 saturated carbocycles. The minimum absolute atomic E-state index is 0.665. The summed E-state index contributed by atoms with van der Waals surface area (Å²) >= 11 is 12.0. The fourth-order valence-corrected chi connectivity index (χ4v) is 2.28. The summed E-state index contributed by atoms with van der Waals surface area (Å²) < 4.78 is 5.85. The van der Waals surface area contributed by atoms with Crippen LogP contribution in [0.4, 0.5) is 0 Å². The first-order valence-electron chi connectivity index (χ1n) is 6.09. The number of hydrogen-bond acceptors (Lipinski definition) is 1. The topological polar surface area (TPSA) is 9.23 Å². The fraction of sp³-hybridized carbons (Fsp3) is 0.571. The number of ether oxygens (including phenoxy) is 1. The van der Waals surface area contributed by atoms with E-state index in [-0.39, 0.29) is 0 Å². The molecule has 3 heteroatoms. The molecule has 0 amide bonds. The molecule has 0 heterocycles. The zero-order valence-corrected chi connectivity index (χ0v) is 12.3. The van der Waals surface area contributed by atoms with Crippen LogP contribution in [0.25, 0.3) is 0 Å². The zero-order chi connectivity index (χ0) is 12.8. The van der Waals surface area contributed by atoms with E-state index in [0.717, 1.165) is 47.8 Å². The molecule has 0 aromatic heterocycles. The van der Waals surface area contributed by atoms with Crippen LogP contribution in [-0.4, -0.2) is 12.5 Å². The third-order valence-electron chi connectivity index (χ3n) is 2.80. The van der Waals surface area contributed by atoms with Crippen LogP contribution in [0.15, 0.2) is 6.07 Å². The van der Waals surface area contributed by atoms with Crippen molar-refractivity contribution in [3.8, 4) is 5.75 Å². The first kappa shape index (κ1) is 14.7. The first-order valence-corrected chi connectivity index (χ1v) is 7.00. The summed E-state index contributed by atoms with van der Waals surface area (Å²) in [7, 11) is 0. The lowest BCUT2D eigenvalue weighted by molar-refractivity contribution is 0.311. The second-order valence-electron chi connectivity index (χ2n) is 4.25. The Balaban J connectivity index is 3.09. The van der Waals surface area contributed by atoms with Crippen LogP contribution in [-0.2, 0) is 6.42 Å². The van der Waals surface area contributed by atoms with Crippen molar-refractivity contribution in [2.75, 3.05) is 12.5 Å². The van der Waals surface area contributed by atoms with Crippen molar-refractivity contribution in [2.24, 2.45) is 0 Å². The molecule has 1 nitrogen and oxygen atoms in total. The standard InChI is InChI=1S/C14H20Cl2O/c1-4-8-17-14-10(2)9-13(16)11(3)12(14)6-5-7-15/h9H,4-8H2,1-3H3. The molecule has 0 atom stereocenters. The first-order chi connectivity index (χ1) is 8.11. The van der Waals surface area contributed by atoms with Crippen LogP contribution < -0.4 is 4.74 Å². The van der Waals surface area contributed by atoms with E-state index in [2.05, 4.69) is 6.92 Å². The molecule has 0 fully saturated rings. The maximum absolute atomic E-state index is 6.22. The minimum Gasteiger partial charge on any atom is -0.493 e. The van der Waals surface area contributed by atoms with E-state index < -0.39 is 0 Å². The maximum atomic E-state index is 6.22. The van der Waals surface area contributed by atoms with Crippen molar-refractivity contribution in [1.29, 1.82) is 0 Å². The molecule has 0 saturated heterocycles. The number of alkyl halides is 1. The summed E-state index contributed by atoms with van der Waals surface area (Å²) in [6, 6.07) is 1.98. The van der Waals surface area contributed by atoms with Gasteiger partial charge in [-0.3, -0.25) is 0 Å². The number of benzene rings is 1. The highest BCUT2D eigenvalue weighted by atomic mass is 35.5. The van der Waals surface area contributed by atoms with Gasteiger partial charge in [0.05, 0.1) is 6.61 Å². The summed E-state index contributed by atoms with van der Waals surface area (Å²) in [5, 5.41) is 0.816. The SMILES string of the molecule is CCCOc1c(C)cc(Cl)c(C)c1CCCCl. The highest BCUT2D eigenvalue weighted by molar-refractivity contribution is 6.31. The third-order valence-corrected chi connectivity index (χ3v) is 3.46. The largest absolute Gasteiger partial charge is 0.493 e. The molecule has 0 bridgehead atoms. The van der Waals surface area contributed by atoms with Crippen molar-refractivity contribution in [1.82, 2.24) is 0 Å². The van der Waals surface area contributed by atoms with Gasteiger partial charge in [-0.1, -0.05) is 18.5 Å². The van der Waals surface area contributed by atoms with E-state index >= 15 is 0 Å². The molecule has 1 aromatic rings. The molecule has 0 N–H and O–H groups in total. The quantitative estimate of drug-likeness (QED) is 0.670. The van der Waals surface area contributed by atoms with E-state index in [1.165, 1.54) is 5.56 Å². The van der Waals surface area contributed by atoms with Gasteiger partial charge in [-0.2, -0.15) is 0 Å². The normalized spacial score (nSPS) is 10.6. The molecule has 96 valence electrons. The molecule has 0 spiro atoms. The van der Waals surface area contributed by atoms with Crippen LogP contribution >= 0.6 is 23.2 Å². The Morgan fingerprint density at radius 3 is 2.59 bits per heavy atom. The molecule has 0 aliphatic carbocycles. The summed E-state index contributed by atoms with van der Waals surface area (Å²) in [6.07, 6.45) is 2.89. The van der Waals surface area contributed by atoms with Gasteiger partial charge in [-0.05, 0) is 55.9 Å². The lowest BCUT2D eigenvalue weighted by Crippen LogP contribution is -2.04.